The average Bonchev–Trinajstić information content (AvgIpc) is 2.40. The van der Waals surface area contributed by atoms with Crippen LogP contribution in [0.3, 0.4) is 0 Å². The van der Waals surface area contributed by atoms with Crippen molar-refractivity contribution in [1.29, 1.82) is 0 Å². The van der Waals surface area contributed by atoms with Crippen LogP contribution in [0.2, 0.25) is 0 Å². The molecule has 1 atom stereocenters. The van der Waals surface area contributed by atoms with Gasteiger partial charge in [0.15, 0.2) is 5.11 Å². The van der Waals surface area contributed by atoms with Crippen LogP contribution in [0, 0.1) is 5.92 Å². The minimum atomic E-state index is 0.178. The van der Waals surface area contributed by atoms with Crippen LogP contribution in [-0.2, 0) is 6.54 Å². The van der Waals surface area contributed by atoms with E-state index in [1.165, 1.54) is 31.5 Å². The summed E-state index contributed by atoms with van der Waals surface area (Å²) in [5.74, 6) is 0.821. The van der Waals surface area contributed by atoms with Gasteiger partial charge in [0, 0.05) is 13.1 Å². The molecule has 1 unspecified atom stereocenters. The molecule has 2 rings (SSSR count). The summed E-state index contributed by atoms with van der Waals surface area (Å²) in [7, 11) is 0. The molecule has 0 aromatic heterocycles. The Kier molecular flexibility index (Phi) is 5.49. The van der Waals surface area contributed by atoms with Crippen molar-refractivity contribution in [2.24, 2.45) is 16.8 Å². The van der Waals surface area contributed by atoms with Gasteiger partial charge in [-0.1, -0.05) is 31.2 Å². The average molecular weight is 290 g/mol. The fourth-order valence-electron chi connectivity index (χ4n) is 2.57. The number of hydrazone groups is 1. The van der Waals surface area contributed by atoms with Crippen LogP contribution in [0.1, 0.15) is 30.9 Å². The summed E-state index contributed by atoms with van der Waals surface area (Å²) in [6.07, 6.45) is 4.39. The van der Waals surface area contributed by atoms with Gasteiger partial charge in [-0.15, -0.1) is 0 Å². The van der Waals surface area contributed by atoms with E-state index < -0.39 is 0 Å². The van der Waals surface area contributed by atoms with E-state index in [1.807, 2.05) is 0 Å². The molecule has 1 aliphatic rings. The Hall–Kier alpha value is -1.46. The molecule has 3 N–H and O–H groups in total. The molecule has 1 aromatic carbocycles. The summed E-state index contributed by atoms with van der Waals surface area (Å²) in [5.41, 5.74) is 10.2. The lowest BCUT2D eigenvalue weighted by atomic mass is 10.00. The van der Waals surface area contributed by atoms with Gasteiger partial charge in [-0.2, -0.15) is 5.10 Å². The number of likely N-dealkylation sites (tertiary alicyclic amines) is 1. The van der Waals surface area contributed by atoms with Crippen molar-refractivity contribution in [3.05, 3.63) is 35.4 Å². The van der Waals surface area contributed by atoms with Crippen LogP contribution in [0.5, 0.6) is 0 Å². The number of nitrogens with one attached hydrogen (secondary N) is 1. The monoisotopic (exact) mass is 290 g/mol. The Morgan fingerprint density at radius 2 is 2.25 bits per heavy atom. The van der Waals surface area contributed by atoms with E-state index >= 15 is 0 Å². The number of hydrogen-bond donors (Lipinski definition) is 2. The number of rotatable bonds is 4. The smallest absolute Gasteiger partial charge is 0.184 e. The number of hydrogen-bond acceptors (Lipinski definition) is 3. The summed E-state index contributed by atoms with van der Waals surface area (Å²) in [6.45, 7) is 5.79. The zero-order valence-corrected chi connectivity index (χ0v) is 12.7. The van der Waals surface area contributed by atoms with Gasteiger partial charge in [-0.3, -0.25) is 10.3 Å². The molecule has 1 aliphatic heterocycles. The minimum absolute atomic E-state index is 0.178. The van der Waals surface area contributed by atoms with Crippen LogP contribution < -0.4 is 11.2 Å². The zero-order chi connectivity index (χ0) is 14.4. The largest absolute Gasteiger partial charge is 0.375 e. The van der Waals surface area contributed by atoms with E-state index in [4.69, 9.17) is 5.73 Å². The molecule has 1 saturated heterocycles. The van der Waals surface area contributed by atoms with Gasteiger partial charge in [-0.25, -0.2) is 0 Å². The number of benzene rings is 1. The highest BCUT2D eigenvalue weighted by Crippen LogP contribution is 2.17. The molecule has 0 saturated carbocycles. The van der Waals surface area contributed by atoms with Gasteiger partial charge in [0.1, 0.15) is 0 Å². The molecule has 1 heterocycles. The van der Waals surface area contributed by atoms with Crippen LogP contribution in [0.25, 0.3) is 0 Å². The molecule has 0 aliphatic carbocycles. The quantitative estimate of drug-likeness (QED) is 0.506. The Balaban J connectivity index is 1.87. The van der Waals surface area contributed by atoms with Crippen molar-refractivity contribution in [1.82, 2.24) is 10.3 Å². The lowest BCUT2D eigenvalue weighted by Gasteiger charge is -2.30. The molecule has 1 aromatic rings. The van der Waals surface area contributed by atoms with Crippen molar-refractivity contribution in [3.8, 4) is 0 Å². The molecule has 0 radical (unpaired) electrons. The third kappa shape index (κ3) is 4.90. The number of piperidine rings is 1. The molecule has 5 heteroatoms. The molecule has 0 spiro atoms. The van der Waals surface area contributed by atoms with Crippen LogP contribution in [0.4, 0.5) is 0 Å². The SMILES string of the molecule is CC1CCCN(Cc2ccc(C=NNC(N)=S)cc2)C1. The maximum atomic E-state index is 5.30. The minimum Gasteiger partial charge on any atom is -0.375 e. The predicted molar refractivity (Wildman–Crippen MR) is 87.6 cm³/mol. The standard InChI is InChI=1S/C15H22N4S/c1-12-3-2-8-19(10-12)11-14-6-4-13(5-7-14)9-17-18-15(16)20/h4-7,9,12H,2-3,8,10-11H2,1H3,(H3,16,18,20). The maximum absolute atomic E-state index is 5.30. The Morgan fingerprint density at radius 3 is 2.90 bits per heavy atom. The highest BCUT2D eigenvalue weighted by Gasteiger charge is 2.15. The summed E-state index contributed by atoms with van der Waals surface area (Å²) in [5, 5.41) is 4.12. The van der Waals surface area contributed by atoms with Crippen molar-refractivity contribution in [2.75, 3.05) is 13.1 Å². The topological polar surface area (TPSA) is 53.6 Å². The Labute approximate surface area is 126 Å². The summed E-state index contributed by atoms with van der Waals surface area (Å²) in [6, 6.07) is 8.43. The van der Waals surface area contributed by atoms with Crippen molar-refractivity contribution in [2.45, 2.75) is 26.3 Å². The van der Waals surface area contributed by atoms with E-state index in [-0.39, 0.29) is 5.11 Å². The van der Waals surface area contributed by atoms with Crippen molar-refractivity contribution in [3.63, 3.8) is 0 Å². The second-order valence-corrected chi connectivity index (χ2v) is 5.90. The highest BCUT2D eigenvalue weighted by atomic mass is 32.1. The number of nitrogens with two attached hydrogens (primary N) is 1. The molecular formula is C15H22N4S. The lowest BCUT2D eigenvalue weighted by molar-refractivity contribution is 0.176. The predicted octanol–water partition coefficient (Wildman–Crippen LogP) is 2.09. The van der Waals surface area contributed by atoms with Crippen molar-refractivity contribution >= 4 is 23.5 Å². The first-order chi connectivity index (χ1) is 9.63. The van der Waals surface area contributed by atoms with Gasteiger partial charge in [0.2, 0.25) is 0 Å². The summed E-state index contributed by atoms with van der Waals surface area (Å²) >= 11 is 4.68. The van der Waals surface area contributed by atoms with Gasteiger partial charge in [0.25, 0.3) is 0 Å². The fourth-order valence-corrected chi connectivity index (χ4v) is 2.62. The number of thiocarbonyl (C=S) groups is 1. The number of nitrogens with zero attached hydrogens (tertiary/aromatic N) is 2. The normalized spacial score (nSPS) is 20.1. The summed E-state index contributed by atoms with van der Waals surface area (Å²) < 4.78 is 0. The van der Waals surface area contributed by atoms with E-state index in [1.54, 1.807) is 6.21 Å². The van der Waals surface area contributed by atoms with E-state index in [0.717, 1.165) is 18.0 Å². The van der Waals surface area contributed by atoms with Crippen LogP contribution >= 0.6 is 12.2 Å². The lowest BCUT2D eigenvalue weighted by Crippen LogP contribution is -2.33. The second-order valence-electron chi connectivity index (χ2n) is 5.46. The Bertz CT molecular complexity index is 469. The fraction of sp³-hybridized carbons (Fsp3) is 0.467. The first-order valence-corrected chi connectivity index (χ1v) is 7.44. The molecule has 0 bridgehead atoms. The first-order valence-electron chi connectivity index (χ1n) is 7.03. The molecule has 20 heavy (non-hydrogen) atoms. The molecular weight excluding hydrogens is 268 g/mol. The van der Waals surface area contributed by atoms with Crippen molar-refractivity contribution < 1.29 is 0 Å². The van der Waals surface area contributed by atoms with E-state index in [9.17, 15) is 0 Å². The van der Waals surface area contributed by atoms with Crippen LogP contribution in [-0.4, -0.2) is 29.3 Å². The highest BCUT2D eigenvalue weighted by molar-refractivity contribution is 7.80. The molecule has 1 fully saturated rings. The van der Waals surface area contributed by atoms with Crippen LogP contribution in [0.15, 0.2) is 29.4 Å². The third-order valence-corrected chi connectivity index (χ3v) is 3.61. The van der Waals surface area contributed by atoms with Gasteiger partial charge >= 0.3 is 0 Å². The summed E-state index contributed by atoms with van der Waals surface area (Å²) in [4.78, 5) is 2.53. The van der Waals surface area contributed by atoms with Gasteiger partial charge in [-0.05, 0) is 48.6 Å². The molecule has 0 amide bonds. The second kappa shape index (κ2) is 7.36. The third-order valence-electron chi connectivity index (χ3n) is 3.52. The first kappa shape index (κ1) is 14.9. The van der Waals surface area contributed by atoms with E-state index in [0.29, 0.717) is 0 Å². The Morgan fingerprint density at radius 1 is 1.50 bits per heavy atom. The van der Waals surface area contributed by atoms with Gasteiger partial charge < -0.3 is 5.73 Å². The van der Waals surface area contributed by atoms with Gasteiger partial charge in [0.05, 0.1) is 6.21 Å². The maximum Gasteiger partial charge on any atom is 0.184 e. The van der Waals surface area contributed by atoms with E-state index in [2.05, 4.69) is 58.8 Å². The molecule has 108 valence electrons. The zero-order valence-electron chi connectivity index (χ0n) is 11.9. The molecule has 4 nitrogen and oxygen atoms in total.